The summed E-state index contributed by atoms with van der Waals surface area (Å²) in [6.45, 7) is 1.78. The number of rotatable bonds is 5. The lowest BCUT2D eigenvalue weighted by Crippen LogP contribution is -2.04. The second-order valence-corrected chi connectivity index (χ2v) is 7.95. The van der Waals surface area contributed by atoms with Gasteiger partial charge >= 0.3 is 6.18 Å². The minimum absolute atomic E-state index is 0.0542. The predicted octanol–water partition coefficient (Wildman–Crippen LogP) is 5.54. The van der Waals surface area contributed by atoms with Crippen LogP contribution in [-0.4, -0.2) is 24.9 Å². The van der Waals surface area contributed by atoms with E-state index in [1.807, 2.05) is 0 Å². The van der Waals surface area contributed by atoms with E-state index < -0.39 is 17.6 Å². The van der Waals surface area contributed by atoms with E-state index in [2.05, 4.69) is 20.3 Å². The molecule has 0 spiro atoms. The zero-order valence-corrected chi connectivity index (χ0v) is 17.1. The molecule has 31 heavy (non-hydrogen) atoms. The second-order valence-electron chi connectivity index (χ2n) is 6.64. The van der Waals surface area contributed by atoms with E-state index in [9.17, 15) is 17.6 Å². The zero-order valence-electron chi connectivity index (χ0n) is 16.3. The SMILES string of the molecule is CC(Sc1nnc(-c2ccccc2F)n1C)c1nc(-c2cccc(C(F)(F)F)c2)no1. The standard InChI is InChI=1S/C20H15F4N5OS/c1-11(31-19-27-26-17(29(19)2)14-8-3-4-9-15(14)21)18-25-16(28-30-18)12-6-5-7-13(10-12)20(22,23)24/h3-11H,1-2H3. The van der Waals surface area contributed by atoms with Gasteiger partial charge in [-0.15, -0.1) is 10.2 Å². The molecule has 2 aromatic carbocycles. The van der Waals surface area contributed by atoms with E-state index >= 15 is 0 Å². The van der Waals surface area contributed by atoms with E-state index in [-0.39, 0.29) is 22.5 Å². The Morgan fingerprint density at radius 1 is 1.06 bits per heavy atom. The van der Waals surface area contributed by atoms with Crippen molar-refractivity contribution in [3.05, 3.63) is 65.8 Å². The van der Waals surface area contributed by atoms with Crippen LogP contribution >= 0.6 is 11.8 Å². The van der Waals surface area contributed by atoms with Crippen molar-refractivity contribution in [1.29, 1.82) is 0 Å². The molecule has 0 radical (unpaired) electrons. The van der Waals surface area contributed by atoms with E-state index in [1.54, 1.807) is 36.7 Å². The van der Waals surface area contributed by atoms with Crippen molar-refractivity contribution in [2.24, 2.45) is 7.05 Å². The van der Waals surface area contributed by atoms with Crippen molar-refractivity contribution < 1.29 is 22.1 Å². The fourth-order valence-corrected chi connectivity index (χ4v) is 3.70. The Morgan fingerprint density at radius 3 is 2.58 bits per heavy atom. The number of hydrogen-bond acceptors (Lipinski definition) is 6. The topological polar surface area (TPSA) is 69.6 Å². The Morgan fingerprint density at radius 2 is 1.84 bits per heavy atom. The Bertz CT molecular complexity index is 1220. The van der Waals surface area contributed by atoms with Gasteiger partial charge in [-0.25, -0.2) is 4.39 Å². The van der Waals surface area contributed by atoms with Crippen LogP contribution in [0, 0.1) is 5.82 Å². The molecule has 1 unspecified atom stereocenters. The van der Waals surface area contributed by atoms with Crippen LogP contribution in [-0.2, 0) is 13.2 Å². The van der Waals surface area contributed by atoms with Gasteiger partial charge in [-0.2, -0.15) is 18.2 Å². The zero-order chi connectivity index (χ0) is 22.2. The first-order chi connectivity index (χ1) is 14.7. The predicted molar refractivity (Wildman–Crippen MR) is 105 cm³/mol. The van der Waals surface area contributed by atoms with Crippen LogP contribution in [0.5, 0.6) is 0 Å². The van der Waals surface area contributed by atoms with E-state index in [0.717, 1.165) is 12.1 Å². The van der Waals surface area contributed by atoms with Gasteiger partial charge in [0.1, 0.15) is 5.82 Å². The first kappa shape index (κ1) is 21.0. The molecule has 160 valence electrons. The van der Waals surface area contributed by atoms with Gasteiger partial charge in [-0.05, 0) is 31.2 Å². The maximum atomic E-state index is 14.1. The number of thioether (sulfide) groups is 1. The largest absolute Gasteiger partial charge is 0.416 e. The van der Waals surface area contributed by atoms with Crippen LogP contribution in [0.2, 0.25) is 0 Å². The number of benzene rings is 2. The molecule has 0 aliphatic carbocycles. The number of alkyl halides is 3. The molecule has 11 heteroatoms. The molecule has 4 rings (SSSR count). The highest BCUT2D eigenvalue weighted by molar-refractivity contribution is 7.99. The summed E-state index contributed by atoms with van der Waals surface area (Å²) in [5, 5.41) is 12.1. The summed E-state index contributed by atoms with van der Waals surface area (Å²) < 4.78 is 59.8. The van der Waals surface area contributed by atoms with Crippen molar-refractivity contribution in [2.45, 2.75) is 23.5 Å². The third-order valence-corrected chi connectivity index (χ3v) is 5.59. The molecule has 0 saturated carbocycles. The maximum absolute atomic E-state index is 14.1. The van der Waals surface area contributed by atoms with Crippen LogP contribution in [0.25, 0.3) is 22.8 Å². The number of halogens is 4. The van der Waals surface area contributed by atoms with Crippen molar-refractivity contribution in [3.8, 4) is 22.8 Å². The highest BCUT2D eigenvalue weighted by Crippen LogP contribution is 2.36. The Labute approximate surface area is 178 Å². The van der Waals surface area contributed by atoms with Crippen LogP contribution in [0.1, 0.15) is 23.6 Å². The average Bonchev–Trinajstić information content (AvgIpc) is 3.36. The molecule has 0 saturated heterocycles. The number of nitrogens with zero attached hydrogens (tertiary/aromatic N) is 5. The van der Waals surface area contributed by atoms with Gasteiger partial charge in [0.05, 0.1) is 16.4 Å². The smallest absolute Gasteiger partial charge is 0.338 e. The molecule has 0 aliphatic heterocycles. The fourth-order valence-electron chi connectivity index (χ4n) is 2.86. The molecule has 2 aromatic heterocycles. The first-order valence-corrected chi connectivity index (χ1v) is 9.94. The van der Waals surface area contributed by atoms with Crippen molar-refractivity contribution >= 4 is 11.8 Å². The van der Waals surface area contributed by atoms with Crippen LogP contribution in [0.4, 0.5) is 17.6 Å². The van der Waals surface area contributed by atoms with Crippen LogP contribution in [0.3, 0.4) is 0 Å². The van der Waals surface area contributed by atoms with Gasteiger partial charge in [-0.3, -0.25) is 0 Å². The second kappa shape index (κ2) is 8.14. The molecule has 0 amide bonds. The third kappa shape index (κ3) is 4.31. The fraction of sp³-hybridized carbons (Fsp3) is 0.200. The minimum Gasteiger partial charge on any atom is -0.338 e. The molecule has 0 bridgehead atoms. The summed E-state index contributed by atoms with van der Waals surface area (Å²) in [4.78, 5) is 4.23. The van der Waals surface area contributed by atoms with E-state index in [0.29, 0.717) is 16.5 Å². The van der Waals surface area contributed by atoms with Gasteiger partial charge in [0, 0.05) is 12.6 Å². The average molecular weight is 449 g/mol. The van der Waals surface area contributed by atoms with Crippen LogP contribution < -0.4 is 0 Å². The Kier molecular flexibility index (Phi) is 5.52. The Hall–Kier alpha value is -3.21. The molecule has 1 atom stereocenters. The lowest BCUT2D eigenvalue weighted by molar-refractivity contribution is -0.137. The summed E-state index contributed by atoms with van der Waals surface area (Å²) in [5.41, 5.74) is -0.275. The quantitative estimate of drug-likeness (QED) is 0.294. The van der Waals surface area contributed by atoms with Gasteiger partial charge in [0.25, 0.3) is 0 Å². The van der Waals surface area contributed by atoms with Crippen molar-refractivity contribution in [2.75, 3.05) is 0 Å². The normalized spacial score (nSPS) is 12.8. The van der Waals surface area contributed by atoms with Gasteiger partial charge in [0.2, 0.25) is 11.7 Å². The van der Waals surface area contributed by atoms with Gasteiger partial charge < -0.3 is 9.09 Å². The summed E-state index contributed by atoms with van der Waals surface area (Å²) in [6, 6.07) is 11.0. The molecule has 2 heterocycles. The van der Waals surface area contributed by atoms with E-state index in [4.69, 9.17) is 4.52 Å². The summed E-state index contributed by atoms with van der Waals surface area (Å²) in [5.74, 6) is 0.222. The molecule has 4 aromatic rings. The third-order valence-electron chi connectivity index (χ3n) is 4.47. The monoisotopic (exact) mass is 449 g/mol. The van der Waals surface area contributed by atoms with Crippen LogP contribution in [0.15, 0.2) is 58.2 Å². The van der Waals surface area contributed by atoms with Gasteiger partial charge in [-0.1, -0.05) is 41.2 Å². The Balaban J connectivity index is 1.54. The highest BCUT2D eigenvalue weighted by atomic mass is 32.2. The number of hydrogen-bond donors (Lipinski definition) is 0. The highest BCUT2D eigenvalue weighted by Gasteiger charge is 2.31. The molecule has 0 aliphatic rings. The van der Waals surface area contributed by atoms with Crippen molar-refractivity contribution in [3.63, 3.8) is 0 Å². The van der Waals surface area contributed by atoms with Crippen molar-refractivity contribution in [1.82, 2.24) is 24.9 Å². The molecule has 0 N–H and O–H groups in total. The lowest BCUT2D eigenvalue weighted by atomic mass is 10.1. The summed E-state index contributed by atoms with van der Waals surface area (Å²) in [7, 11) is 1.71. The van der Waals surface area contributed by atoms with Gasteiger partial charge in [0.15, 0.2) is 11.0 Å². The molecule has 6 nitrogen and oxygen atoms in total. The first-order valence-electron chi connectivity index (χ1n) is 9.06. The molecular formula is C20H15F4N5OS. The maximum Gasteiger partial charge on any atom is 0.416 e. The minimum atomic E-state index is -4.47. The summed E-state index contributed by atoms with van der Waals surface area (Å²) in [6.07, 6.45) is -4.47. The molecular weight excluding hydrogens is 434 g/mol. The van der Waals surface area contributed by atoms with E-state index in [1.165, 1.54) is 30.0 Å². The lowest BCUT2D eigenvalue weighted by Gasteiger charge is -2.07. The molecule has 0 fully saturated rings. The summed E-state index contributed by atoms with van der Waals surface area (Å²) >= 11 is 1.25. The number of aromatic nitrogens is 5.